The Balaban J connectivity index is 1.66. The van der Waals surface area contributed by atoms with E-state index in [1.807, 2.05) is 16.7 Å². The van der Waals surface area contributed by atoms with Gasteiger partial charge in [-0.15, -0.1) is 0 Å². The quantitative estimate of drug-likeness (QED) is 0.796. The highest BCUT2D eigenvalue weighted by Crippen LogP contribution is 2.39. The molecule has 2 amide bonds. The fourth-order valence-electron chi connectivity index (χ4n) is 4.04. The predicted octanol–water partition coefficient (Wildman–Crippen LogP) is 1.55. The molecule has 0 radical (unpaired) electrons. The summed E-state index contributed by atoms with van der Waals surface area (Å²) in [6.07, 6.45) is 7.35. The highest BCUT2D eigenvalue weighted by Gasteiger charge is 2.42. The van der Waals surface area contributed by atoms with E-state index in [1.54, 1.807) is 19.5 Å². The molecule has 0 N–H and O–H groups in total. The molecular weight excluding hydrogens is 332 g/mol. The van der Waals surface area contributed by atoms with Crippen LogP contribution in [0.25, 0.3) is 0 Å². The van der Waals surface area contributed by atoms with E-state index < -0.39 is 0 Å². The van der Waals surface area contributed by atoms with Crippen molar-refractivity contribution in [2.24, 2.45) is 5.41 Å². The molecule has 0 unspecified atom stereocenters. The minimum Gasteiger partial charge on any atom is -0.384 e. The van der Waals surface area contributed by atoms with Gasteiger partial charge in [-0.2, -0.15) is 0 Å². The van der Waals surface area contributed by atoms with E-state index >= 15 is 0 Å². The summed E-state index contributed by atoms with van der Waals surface area (Å²) in [5.41, 5.74) is 1.69. The summed E-state index contributed by atoms with van der Waals surface area (Å²) >= 11 is 0. The van der Waals surface area contributed by atoms with Crippen molar-refractivity contribution in [3.8, 4) is 0 Å². The highest BCUT2D eigenvalue weighted by atomic mass is 16.5. The number of amides is 2. The fourth-order valence-corrected chi connectivity index (χ4v) is 4.04. The molecule has 0 bridgehead atoms. The van der Waals surface area contributed by atoms with Crippen LogP contribution in [0, 0.1) is 12.3 Å². The van der Waals surface area contributed by atoms with Crippen LogP contribution >= 0.6 is 0 Å². The fraction of sp³-hybridized carbons (Fsp3) is 0.684. The molecule has 7 heteroatoms. The van der Waals surface area contributed by atoms with E-state index in [1.165, 1.54) is 0 Å². The lowest BCUT2D eigenvalue weighted by molar-refractivity contribution is -0.144. The van der Waals surface area contributed by atoms with E-state index in [4.69, 9.17) is 4.74 Å². The van der Waals surface area contributed by atoms with Gasteiger partial charge in [0.1, 0.15) is 0 Å². The van der Waals surface area contributed by atoms with Gasteiger partial charge in [0, 0.05) is 44.8 Å². The minimum absolute atomic E-state index is 0.00696. The molecule has 1 atom stereocenters. The zero-order chi connectivity index (χ0) is 18.6. The maximum absolute atomic E-state index is 12.4. The molecule has 3 heterocycles. The largest absolute Gasteiger partial charge is 0.384 e. The van der Waals surface area contributed by atoms with Crippen LogP contribution < -0.4 is 0 Å². The van der Waals surface area contributed by atoms with Crippen LogP contribution in [-0.4, -0.2) is 64.9 Å². The van der Waals surface area contributed by atoms with E-state index in [0.29, 0.717) is 32.5 Å². The Morgan fingerprint density at radius 2 is 2.12 bits per heavy atom. The van der Waals surface area contributed by atoms with Gasteiger partial charge in [-0.1, -0.05) is 0 Å². The molecule has 0 aromatic carbocycles. The first kappa shape index (κ1) is 18.8. The number of aryl methyl sites for hydroxylation is 1. The Morgan fingerprint density at radius 1 is 1.27 bits per heavy atom. The summed E-state index contributed by atoms with van der Waals surface area (Å²) in [5.74, 6) is 0.319. The minimum atomic E-state index is 0.00696. The number of nitrogens with zero attached hydrogens (tertiary/aromatic N) is 4. The van der Waals surface area contributed by atoms with Gasteiger partial charge in [0.25, 0.3) is 0 Å². The Hall–Kier alpha value is -2.02. The first-order valence-electron chi connectivity index (χ1n) is 9.33. The number of carbonyl (C=O) groups excluding carboxylic acids is 2. The molecule has 26 heavy (non-hydrogen) atoms. The van der Waals surface area contributed by atoms with Crippen molar-refractivity contribution < 1.29 is 14.3 Å². The summed E-state index contributed by atoms with van der Waals surface area (Å²) in [6.45, 7) is 5.08. The molecule has 142 valence electrons. The Labute approximate surface area is 154 Å². The van der Waals surface area contributed by atoms with E-state index in [9.17, 15) is 9.59 Å². The van der Waals surface area contributed by atoms with E-state index in [-0.39, 0.29) is 17.2 Å². The van der Waals surface area contributed by atoms with Gasteiger partial charge in [-0.05, 0) is 26.2 Å². The lowest BCUT2D eigenvalue weighted by Gasteiger charge is -2.48. The molecule has 2 aliphatic heterocycles. The zero-order valence-electron chi connectivity index (χ0n) is 15.7. The van der Waals surface area contributed by atoms with Gasteiger partial charge in [0.2, 0.25) is 11.8 Å². The third-order valence-corrected chi connectivity index (χ3v) is 5.47. The first-order valence-corrected chi connectivity index (χ1v) is 9.33. The van der Waals surface area contributed by atoms with Gasteiger partial charge >= 0.3 is 0 Å². The van der Waals surface area contributed by atoms with Crippen LogP contribution in [0.15, 0.2) is 12.4 Å². The second-order valence-electron chi connectivity index (χ2n) is 7.56. The maximum atomic E-state index is 12.4. The molecule has 2 aliphatic rings. The molecular formula is C19H28N4O3. The van der Waals surface area contributed by atoms with Crippen LogP contribution in [0.4, 0.5) is 0 Å². The molecule has 0 aliphatic carbocycles. The number of hydrogen-bond donors (Lipinski definition) is 0. The number of carbonyl (C=O) groups is 2. The van der Waals surface area contributed by atoms with Gasteiger partial charge in [-0.3, -0.25) is 19.6 Å². The standard InChI is InChI=1S/C19H28N4O3/c1-15-10-21-16(11-20-15)12-23-14-19(7-4-17(23)24)6-3-8-22(13-19)18(25)5-9-26-2/h10-11H,3-9,12-14H2,1-2H3/t19-/m0/s1. The Morgan fingerprint density at radius 3 is 2.85 bits per heavy atom. The Kier molecular flexibility index (Phi) is 5.86. The molecule has 1 spiro atoms. The third kappa shape index (κ3) is 4.38. The van der Waals surface area contributed by atoms with Gasteiger partial charge in [0.15, 0.2) is 0 Å². The zero-order valence-corrected chi connectivity index (χ0v) is 15.7. The van der Waals surface area contributed by atoms with Crippen molar-refractivity contribution in [3.05, 3.63) is 23.8 Å². The monoisotopic (exact) mass is 360 g/mol. The molecule has 0 saturated carbocycles. The number of ether oxygens (including phenoxy) is 1. The van der Waals surface area contributed by atoms with Gasteiger partial charge in [-0.25, -0.2) is 0 Å². The van der Waals surface area contributed by atoms with Crippen molar-refractivity contribution in [1.82, 2.24) is 19.8 Å². The van der Waals surface area contributed by atoms with E-state index in [0.717, 1.165) is 43.7 Å². The summed E-state index contributed by atoms with van der Waals surface area (Å²) in [6, 6.07) is 0. The first-order chi connectivity index (χ1) is 12.5. The predicted molar refractivity (Wildman–Crippen MR) is 96.2 cm³/mol. The third-order valence-electron chi connectivity index (χ3n) is 5.47. The molecule has 1 aromatic heterocycles. The number of likely N-dealkylation sites (tertiary alicyclic amines) is 2. The number of rotatable bonds is 5. The Bertz CT molecular complexity index is 649. The summed E-state index contributed by atoms with van der Waals surface area (Å²) in [5, 5.41) is 0. The van der Waals surface area contributed by atoms with Crippen LogP contribution in [0.1, 0.15) is 43.5 Å². The maximum Gasteiger partial charge on any atom is 0.224 e. The average molecular weight is 360 g/mol. The van der Waals surface area contributed by atoms with Gasteiger partial charge < -0.3 is 14.5 Å². The number of hydrogen-bond acceptors (Lipinski definition) is 5. The summed E-state index contributed by atoms with van der Waals surface area (Å²) in [4.78, 5) is 37.3. The second kappa shape index (κ2) is 8.12. The lowest BCUT2D eigenvalue weighted by atomic mass is 9.73. The van der Waals surface area contributed by atoms with Crippen LogP contribution in [0.3, 0.4) is 0 Å². The highest BCUT2D eigenvalue weighted by molar-refractivity contribution is 5.78. The topological polar surface area (TPSA) is 75.6 Å². The molecule has 7 nitrogen and oxygen atoms in total. The normalized spacial score (nSPS) is 23.5. The van der Waals surface area contributed by atoms with Crippen LogP contribution in [0.2, 0.25) is 0 Å². The summed E-state index contributed by atoms with van der Waals surface area (Å²) < 4.78 is 5.03. The van der Waals surface area contributed by atoms with Crippen molar-refractivity contribution in [2.75, 3.05) is 33.4 Å². The number of aromatic nitrogens is 2. The number of methoxy groups -OCH3 is 1. The van der Waals surface area contributed by atoms with E-state index in [2.05, 4.69) is 9.97 Å². The van der Waals surface area contributed by atoms with Crippen molar-refractivity contribution in [3.63, 3.8) is 0 Å². The van der Waals surface area contributed by atoms with Crippen LogP contribution in [-0.2, 0) is 20.9 Å². The average Bonchev–Trinajstić information content (AvgIpc) is 2.65. The number of piperidine rings is 2. The SMILES string of the molecule is COCCC(=O)N1CCC[C@]2(CCC(=O)N(Cc3cnc(C)cn3)C2)C1. The molecule has 2 fully saturated rings. The van der Waals surface area contributed by atoms with Gasteiger partial charge in [0.05, 0.1) is 37.2 Å². The molecule has 3 rings (SSSR count). The molecule has 1 aromatic rings. The smallest absolute Gasteiger partial charge is 0.224 e. The lowest BCUT2D eigenvalue weighted by Crippen LogP contribution is -2.55. The van der Waals surface area contributed by atoms with Crippen molar-refractivity contribution in [1.29, 1.82) is 0 Å². The molecule has 2 saturated heterocycles. The van der Waals surface area contributed by atoms with Crippen molar-refractivity contribution >= 4 is 11.8 Å². The second-order valence-corrected chi connectivity index (χ2v) is 7.56. The van der Waals surface area contributed by atoms with Crippen molar-refractivity contribution in [2.45, 2.75) is 45.6 Å². The summed E-state index contributed by atoms with van der Waals surface area (Å²) in [7, 11) is 1.61. The van der Waals surface area contributed by atoms with Crippen LogP contribution in [0.5, 0.6) is 0 Å².